The quantitative estimate of drug-likeness (QED) is 0.160. The molecule has 1 aliphatic rings. The van der Waals surface area contributed by atoms with Gasteiger partial charge in [0.2, 0.25) is 0 Å². The number of pyridine rings is 1. The molecule has 3 heterocycles. The summed E-state index contributed by atoms with van der Waals surface area (Å²) in [5.41, 5.74) is 5.62. The molecular formula is C36H36IrN2S-2. The van der Waals surface area contributed by atoms with Crippen LogP contribution in [0, 0.1) is 19.1 Å². The maximum Gasteiger partial charge on any atom is 0.0309 e. The number of unbranched alkanes of at least 4 members (excludes halogenated alkanes) is 1. The molecule has 0 bridgehead atoms. The van der Waals surface area contributed by atoms with Gasteiger partial charge in [-0.05, 0) is 59.7 Å². The van der Waals surface area contributed by atoms with E-state index in [0.29, 0.717) is 17.2 Å². The zero-order valence-electron chi connectivity index (χ0n) is 28.0. The molecule has 0 N–H and O–H groups in total. The standard InChI is InChI=1S/C19H16NS.C17H20N.Ir/c1-12-6-9-17(20-11-12)14-7-8-15-16-5-3-4-13(2)19(16)21-18(15)10-14;1-3-4-7-14(2)15-9-11-16(12-10-15)17-8-5-6-13-18-17;/h3-5,8,10-11H,6,9H2,1-2H3;5-6,8-11,13-14H,3-4,7H2,1-2H3;/q2*-1;/i1D3,6D,9D;;. The summed E-state index contributed by atoms with van der Waals surface area (Å²) in [5, 5.41) is 2.29. The molecule has 0 amide bonds. The molecule has 2 aromatic heterocycles. The number of thiophene rings is 1. The van der Waals surface area contributed by atoms with Gasteiger partial charge in [0, 0.05) is 44.1 Å². The van der Waals surface area contributed by atoms with Gasteiger partial charge in [0.15, 0.2) is 0 Å². The van der Waals surface area contributed by atoms with E-state index >= 15 is 0 Å². The molecule has 1 aliphatic heterocycles. The van der Waals surface area contributed by atoms with Crippen LogP contribution in [0.1, 0.15) is 82.2 Å². The van der Waals surface area contributed by atoms with E-state index in [1.165, 1.54) is 46.7 Å². The molecule has 1 radical (unpaired) electrons. The minimum Gasteiger partial charge on any atom is -0.309 e. The number of aromatic nitrogens is 1. The Kier molecular flexibility index (Phi) is 8.39. The number of aliphatic imine (C=N–C) groups is 1. The van der Waals surface area contributed by atoms with Crippen molar-refractivity contribution in [3.63, 3.8) is 0 Å². The fraction of sp³-hybridized carbons (Fsp3) is 0.278. The number of fused-ring (bicyclic) bond motifs is 3. The van der Waals surface area contributed by atoms with Crippen molar-refractivity contribution in [2.45, 2.75) is 65.6 Å². The summed E-state index contributed by atoms with van der Waals surface area (Å²) < 4.78 is 41.2. The summed E-state index contributed by atoms with van der Waals surface area (Å²) in [5.74, 6) is 0.624. The van der Waals surface area contributed by atoms with Gasteiger partial charge in [-0.3, -0.25) is 0 Å². The third-order valence-corrected chi connectivity index (χ3v) is 8.31. The molecule has 6 rings (SSSR count). The Labute approximate surface area is 263 Å². The van der Waals surface area contributed by atoms with Gasteiger partial charge in [0.05, 0.1) is 0 Å². The third-order valence-electron chi connectivity index (χ3n) is 7.00. The van der Waals surface area contributed by atoms with Gasteiger partial charge >= 0.3 is 0 Å². The summed E-state index contributed by atoms with van der Waals surface area (Å²) in [4.78, 5) is 8.56. The minimum atomic E-state index is -2.39. The molecule has 3 aromatic carbocycles. The van der Waals surface area contributed by atoms with Crippen LogP contribution in [0.5, 0.6) is 0 Å². The van der Waals surface area contributed by atoms with Crippen molar-refractivity contribution >= 4 is 37.2 Å². The van der Waals surface area contributed by atoms with Crippen LogP contribution in [-0.2, 0) is 20.1 Å². The van der Waals surface area contributed by atoms with Crippen LogP contribution >= 0.6 is 11.3 Å². The molecule has 0 spiro atoms. The number of nitrogens with zero attached hydrogens (tertiary/aromatic N) is 2. The molecule has 207 valence electrons. The maximum absolute atomic E-state index is 8.31. The van der Waals surface area contributed by atoms with Crippen molar-refractivity contribution in [1.29, 1.82) is 0 Å². The van der Waals surface area contributed by atoms with Gasteiger partial charge in [0.25, 0.3) is 0 Å². The van der Waals surface area contributed by atoms with Crippen molar-refractivity contribution in [3.05, 3.63) is 114 Å². The van der Waals surface area contributed by atoms with E-state index in [4.69, 9.17) is 6.85 Å². The molecule has 0 saturated carbocycles. The van der Waals surface area contributed by atoms with Crippen molar-refractivity contribution < 1.29 is 27.0 Å². The second-order valence-corrected chi connectivity index (χ2v) is 11.0. The minimum absolute atomic E-state index is 0. The largest absolute Gasteiger partial charge is 0.309 e. The van der Waals surface area contributed by atoms with Crippen LogP contribution in [-0.4, -0.2) is 10.7 Å². The summed E-state index contributed by atoms with van der Waals surface area (Å²) >= 11 is 1.68. The average molecular weight is 726 g/mol. The van der Waals surface area contributed by atoms with Crippen LogP contribution < -0.4 is 0 Å². The number of hydrogen-bond acceptors (Lipinski definition) is 3. The number of benzene rings is 3. The summed E-state index contributed by atoms with van der Waals surface area (Å²) in [7, 11) is 0. The van der Waals surface area contributed by atoms with Gasteiger partial charge in [-0.2, -0.15) is 11.3 Å². The molecule has 2 nitrogen and oxygen atoms in total. The second kappa shape index (κ2) is 14.1. The first-order chi connectivity index (χ1) is 21.1. The first kappa shape index (κ1) is 23.8. The molecule has 3 unspecified atom stereocenters. The molecule has 4 heteroatoms. The first-order valence-electron chi connectivity index (χ1n) is 16.1. The Hall–Kier alpha value is -2.91. The van der Waals surface area contributed by atoms with Gasteiger partial charge < -0.3 is 9.98 Å². The Morgan fingerprint density at radius 3 is 2.65 bits per heavy atom. The average Bonchev–Trinajstić information content (AvgIpc) is 3.40. The van der Waals surface area contributed by atoms with E-state index in [0.717, 1.165) is 21.3 Å². The van der Waals surface area contributed by atoms with Crippen molar-refractivity contribution in [2.24, 2.45) is 4.99 Å². The van der Waals surface area contributed by atoms with Crippen LogP contribution in [0.4, 0.5) is 0 Å². The SMILES string of the molecule is CCCCC(C)c1c[c-]c(-c2ccccn2)cc1.[2H]C1C(C([2H])([2H])[2H])=CN=C(c2[c-]cc3c(c2)sc2c(C)cccc23)C1[2H].[Ir]. The van der Waals surface area contributed by atoms with E-state index in [9.17, 15) is 0 Å². The van der Waals surface area contributed by atoms with E-state index < -0.39 is 19.6 Å². The molecule has 5 aromatic rings. The number of hydrogen-bond donors (Lipinski definition) is 0. The molecule has 0 saturated heterocycles. The zero-order chi connectivity index (χ0) is 31.4. The van der Waals surface area contributed by atoms with Gasteiger partial charge in [-0.15, -0.1) is 59.2 Å². The van der Waals surface area contributed by atoms with Crippen molar-refractivity contribution in [2.75, 3.05) is 0 Å². The monoisotopic (exact) mass is 726 g/mol. The maximum atomic E-state index is 8.31. The Bertz CT molecular complexity index is 1800. The number of allylic oxidation sites excluding steroid dienone is 1. The van der Waals surface area contributed by atoms with Gasteiger partial charge in [-0.25, -0.2) is 0 Å². The Morgan fingerprint density at radius 2 is 1.90 bits per heavy atom. The molecule has 0 aliphatic carbocycles. The number of aryl methyl sites for hydroxylation is 1. The second-order valence-electron chi connectivity index (χ2n) is 9.90. The topological polar surface area (TPSA) is 25.2 Å². The van der Waals surface area contributed by atoms with E-state index in [1.54, 1.807) is 11.3 Å². The van der Waals surface area contributed by atoms with Gasteiger partial charge in [-0.1, -0.05) is 80.3 Å². The van der Waals surface area contributed by atoms with E-state index in [-0.39, 0.29) is 25.7 Å². The first-order valence-corrected chi connectivity index (χ1v) is 14.3. The van der Waals surface area contributed by atoms with Crippen LogP contribution in [0.25, 0.3) is 31.4 Å². The van der Waals surface area contributed by atoms with Crippen molar-refractivity contribution in [3.8, 4) is 11.3 Å². The normalized spacial score (nSPS) is 19.4. The van der Waals surface area contributed by atoms with Crippen LogP contribution in [0.3, 0.4) is 0 Å². The van der Waals surface area contributed by atoms with Crippen LogP contribution in [0.15, 0.2) is 89.7 Å². The van der Waals surface area contributed by atoms with Crippen LogP contribution in [0.2, 0.25) is 0 Å². The molecular weight excluding hydrogens is 685 g/mol. The predicted molar refractivity (Wildman–Crippen MR) is 169 cm³/mol. The third kappa shape index (κ3) is 7.04. The Balaban J connectivity index is 0.000000214. The summed E-state index contributed by atoms with van der Waals surface area (Å²) in [6.07, 6.45) is 4.68. The predicted octanol–water partition coefficient (Wildman–Crippen LogP) is 10.5. The summed E-state index contributed by atoms with van der Waals surface area (Å²) in [6.45, 7) is 4.22. The summed E-state index contributed by atoms with van der Waals surface area (Å²) in [6, 6.07) is 29.0. The molecule has 40 heavy (non-hydrogen) atoms. The zero-order valence-corrected chi connectivity index (χ0v) is 26.2. The Morgan fingerprint density at radius 1 is 1.02 bits per heavy atom. The molecule has 0 fully saturated rings. The number of rotatable bonds is 6. The smallest absolute Gasteiger partial charge is 0.0309 e. The van der Waals surface area contributed by atoms with Crippen molar-refractivity contribution in [1.82, 2.24) is 4.98 Å². The van der Waals surface area contributed by atoms with E-state index in [2.05, 4.69) is 73.2 Å². The van der Waals surface area contributed by atoms with Gasteiger partial charge in [0.1, 0.15) is 0 Å². The van der Waals surface area contributed by atoms with E-state index in [1.807, 2.05) is 42.6 Å². The molecule has 3 atom stereocenters. The fourth-order valence-electron chi connectivity index (χ4n) is 4.68. The fourth-order valence-corrected chi connectivity index (χ4v) is 5.87.